The van der Waals surface area contributed by atoms with Crippen molar-refractivity contribution < 1.29 is 4.79 Å². The van der Waals surface area contributed by atoms with Crippen LogP contribution in [-0.4, -0.2) is 28.4 Å². The fourth-order valence-electron chi connectivity index (χ4n) is 2.15. The molecule has 1 aromatic carbocycles. The van der Waals surface area contributed by atoms with E-state index >= 15 is 0 Å². The Balaban J connectivity index is 2.40. The van der Waals surface area contributed by atoms with Gasteiger partial charge < -0.3 is 4.90 Å². The van der Waals surface area contributed by atoms with Gasteiger partial charge in [-0.2, -0.15) is 5.26 Å². The van der Waals surface area contributed by atoms with E-state index in [0.717, 1.165) is 5.39 Å². The third-order valence-electron chi connectivity index (χ3n) is 3.23. The summed E-state index contributed by atoms with van der Waals surface area (Å²) in [7, 11) is 0. The van der Waals surface area contributed by atoms with Crippen molar-refractivity contribution in [1.29, 1.82) is 5.26 Å². The molecule has 0 aliphatic carbocycles. The minimum absolute atomic E-state index is 0.00195. The first kappa shape index (κ1) is 15.3. The van der Waals surface area contributed by atoms with Crippen molar-refractivity contribution in [3.63, 3.8) is 0 Å². The maximum atomic E-state index is 12.6. The zero-order valence-corrected chi connectivity index (χ0v) is 12.8. The number of carbonyl (C=O) groups is 1. The zero-order chi connectivity index (χ0) is 15.4. The van der Waals surface area contributed by atoms with Gasteiger partial charge in [-0.3, -0.25) is 4.79 Å². The van der Waals surface area contributed by atoms with Gasteiger partial charge in [0.1, 0.15) is 5.69 Å². The van der Waals surface area contributed by atoms with Gasteiger partial charge in [0, 0.05) is 18.0 Å². The number of para-hydroxylation sites is 1. The predicted octanol–water partition coefficient (Wildman–Crippen LogP) is 3.65. The molecule has 0 aliphatic rings. The Hall–Kier alpha value is -2.12. The Morgan fingerprint density at radius 3 is 2.81 bits per heavy atom. The van der Waals surface area contributed by atoms with E-state index in [1.54, 1.807) is 11.0 Å². The summed E-state index contributed by atoms with van der Waals surface area (Å²) in [5.74, 6) is -0.201. The van der Waals surface area contributed by atoms with E-state index in [4.69, 9.17) is 16.9 Å². The summed E-state index contributed by atoms with van der Waals surface area (Å²) in [5, 5.41) is 10.0. The van der Waals surface area contributed by atoms with Crippen molar-refractivity contribution in [3.05, 3.63) is 41.0 Å². The van der Waals surface area contributed by atoms with Crippen molar-refractivity contribution in [3.8, 4) is 6.07 Å². The minimum Gasteiger partial charge on any atom is -0.334 e. The topological polar surface area (TPSA) is 57.0 Å². The lowest BCUT2D eigenvalue weighted by Crippen LogP contribution is -2.38. The van der Waals surface area contributed by atoms with Crippen LogP contribution < -0.4 is 0 Å². The normalized spacial score (nSPS) is 10.6. The molecule has 1 amide bonds. The fourth-order valence-corrected chi connectivity index (χ4v) is 2.42. The summed E-state index contributed by atoms with van der Waals surface area (Å²) >= 11 is 6.23. The van der Waals surface area contributed by atoms with Crippen LogP contribution in [0.1, 0.15) is 30.8 Å². The first-order valence-electron chi connectivity index (χ1n) is 6.77. The molecule has 0 aliphatic heterocycles. The van der Waals surface area contributed by atoms with Crippen LogP contribution in [0, 0.1) is 11.3 Å². The van der Waals surface area contributed by atoms with Crippen LogP contribution in [0.4, 0.5) is 0 Å². The number of pyridine rings is 1. The van der Waals surface area contributed by atoms with Crippen molar-refractivity contribution in [2.45, 2.75) is 26.3 Å². The highest BCUT2D eigenvalue weighted by Crippen LogP contribution is 2.23. The first-order chi connectivity index (χ1) is 10.0. The predicted molar refractivity (Wildman–Crippen MR) is 83.2 cm³/mol. The van der Waals surface area contributed by atoms with Crippen LogP contribution in [-0.2, 0) is 0 Å². The maximum Gasteiger partial charge on any atom is 0.272 e. The summed E-state index contributed by atoms with van der Waals surface area (Å²) in [5.41, 5.74) is 1.00. The number of hydrogen-bond acceptors (Lipinski definition) is 3. The van der Waals surface area contributed by atoms with Crippen molar-refractivity contribution >= 4 is 28.4 Å². The summed E-state index contributed by atoms with van der Waals surface area (Å²) in [4.78, 5) is 18.6. The Morgan fingerprint density at radius 1 is 1.43 bits per heavy atom. The molecule has 0 fully saturated rings. The molecule has 4 nitrogen and oxygen atoms in total. The standard InChI is InChI=1S/C16H16ClN3O/c1-11(2)20(9-5-8-18)16(21)15-10-13(17)12-6-3-4-7-14(12)19-15/h3-4,6-7,10-11H,5,9H2,1-2H3. The zero-order valence-electron chi connectivity index (χ0n) is 12.0. The molecule has 1 heterocycles. The maximum absolute atomic E-state index is 12.6. The largest absolute Gasteiger partial charge is 0.334 e. The number of rotatable bonds is 4. The van der Waals surface area contributed by atoms with Crippen LogP contribution >= 0.6 is 11.6 Å². The monoisotopic (exact) mass is 301 g/mol. The van der Waals surface area contributed by atoms with Crippen molar-refractivity contribution in [2.75, 3.05) is 6.54 Å². The van der Waals surface area contributed by atoms with Gasteiger partial charge in [0.2, 0.25) is 0 Å². The van der Waals surface area contributed by atoms with Crippen LogP contribution in [0.2, 0.25) is 5.02 Å². The second-order valence-electron chi connectivity index (χ2n) is 5.01. The molecule has 2 rings (SSSR count). The van der Waals surface area contributed by atoms with Crippen molar-refractivity contribution in [2.24, 2.45) is 0 Å². The molecule has 0 bridgehead atoms. The molecule has 0 unspecified atom stereocenters. The third kappa shape index (κ3) is 3.32. The van der Waals surface area contributed by atoms with E-state index in [2.05, 4.69) is 11.1 Å². The lowest BCUT2D eigenvalue weighted by molar-refractivity contribution is 0.0704. The molecule has 1 aromatic heterocycles. The molecule has 0 atom stereocenters. The number of carbonyl (C=O) groups excluding carboxylic acids is 1. The van der Waals surface area contributed by atoms with E-state index < -0.39 is 0 Å². The van der Waals surface area contributed by atoms with Crippen molar-refractivity contribution in [1.82, 2.24) is 9.88 Å². The number of nitriles is 1. The summed E-state index contributed by atoms with van der Waals surface area (Å²) in [6.45, 7) is 4.22. The van der Waals surface area contributed by atoms with E-state index in [1.807, 2.05) is 38.1 Å². The van der Waals surface area contributed by atoms with Gasteiger partial charge in [0.05, 0.1) is 23.0 Å². The molecule has 0 radical (unpaired) electrons. The van der Waals surface area contributed by atoms with Crippen LogP contribution in [0.5, 0.6) is 0 Å². The lowest BCUT2D eigenvalue weighted by Gasteiger charge is -2.25. The molecule has 0 saturated heterocycles. The molecule has 0 spiro atoms. The van der Waals surface area contributed by atoms with Gasteiger partial charge in [-0.05, 0) is 26.0 Å². The van der Waals surface area contributed by atoms with Gasteiger partial charge >= 0.3 is 0 Å². The Labute approximate surface area is 129 Å². The number of benzene rings is 1. The lowest BCUT2D eigenvalue weighted by atomic mass is 10.2. The molecule has 5 heteroatoms. The average Bonchev–Trinajstić information content (AvgIpc) is 2.47. The van der Waals surface area contributed by atoms with Gasteiger partial charge in [0.15, 0.2) is 0 Å². The van der Waals surface area contributed by atoms with E-state index in [-0.39, 0.29) is 11.9 Å². The molecular weight excluding hydrogens is 286 g/mol. The Kier molecular flexibility index (Phi) is 4.77. The molecule has 2 aromatic rings. The second-order valence-corrected chi connectivity index (χ2v) is 5.41. The Morgan fingerprint density at radius 2 is 2.14 bits per heavy atom. The summed E-state index contributed by atoms with van der Waals surface area (Å²) < 4.78 is 0. The number of fused-ring (bicyclic) bond motifs is 1. The summed E-state index contributed by atoms with van der Waals surface area (Å²) in [6, 6.07) is 11.1. The molecule has 21 heavy (non-hydrogen) atoms. The van der Waals surface area contributed by atoms with Gasteiger partial charge in [-0.15, -0.1) is 0 Å². The number of amides is 1. The van der Waals surface area contributed by atoms with Gasteiger partial charge in [-0.1, -0.05) is 29.8 Å². The molecule has 0 N–H and O–H groups in total. The highest BCUT2D eigenvalue weighted by Gasteiger charge is 2.20. The first-order valence-corrected chi connectivity index (χ1v) is 7.15. The third-order valence-corrected chi connectivity index (χ3v) is 3.55. The smallest absolute Gasteiger partial charge is 0.272 e. The minimum atomic E-state index is -0.201. The highest BCUT2D eigenvalue weighted by atomic mass is 35.5. The van der Waals surface area contributed by atoms with E-state index in [0.29, 0.717) is 29.2 Å². The highest BCUT2D eigenvalue weighted by molar-refractivity contribution is 6.35. The van der Waals surface area contributed by atoms with Crippen LogP contribution in [0.15, 0.2) is 30.3 Å². The van der Waals surface area contributed by atoms with E-state index in [1.165, 1.54) is 0 Å². The SMILES string of the molecule is CC(C)N(CCC#N)C(=O)c1cc(Cl)c2ccccc2n1. The van der Waals surface area contributed by atoms with Crippen LogP contribution in [0.25, 0.3) is 10.9 Å². The summed E-state index contributed by atoms with van der Waals surface area (Å²) in [6.07, 6.45) is 0.297. The molecular formula is C16H16ClN3O. The Bertz CT molecular complexity index is 706. The second kappa shape index (κ2) is 6.55. The number of nitrogens with zero attached hydrogens (tertiary/aromatic N) is 3. The number of halogens is 1. The van der Waals surface area contributed by atoms with Crippen LogP contribution in [0.3, 0.4) is 0 Å². The van der Waals surface area contributed by atoms with Gasteiger partial charge in [0.25, 0.3) is 5.91 Å². The van der Waals surface area contributed by atoms with E-state index in [9.17, 15) is 4.79 Å². The molecule has 0 saturated carbocycles. The average molecular weight is 302 g/mol. The number of aromatic nitrogens is 1. The fraction of sp³-hybridized carbons (Fsp3) is 0.312. The van der Waals surface area contributed by atoms with Gasteiger partial charge in [-0.25, -0.2) is 4.98 Å². The quantitative estimate of drug-likeness (QED) is 0.866. The molecule has 108 valence electrons. The number of hydrogen-bond donors (Lipinski definition) is 0.